The topological polar surface area (TPSA) is 54.9 Å². The Hall–Kier alpha value is -1.75. The van der Waals surface area contributed by atoms with Crippen LogP contribution >= 0.6 is 11.3 Å². The van der Waals surface area contributed by atoms with Gasteiger partial charge in [0.25, 0.3) is 0 Å². The van der Waals surface area contributed by atoms with Crippen molar-refractivity contribution in [3.05, 3.63) is 45.7 Å². The third-order valence-corrected chi connectivity index (χ3v) is 4.31. The van der Waals surface area contributed by atoms with Gasteiger partial charge >= 0.3 is 0 Å². The first-order chi connectivity index (χ1) is 9.72. The van der Waals surface area contributed by atoms with Crippen LogP contribution in [0.5, 0.6) is 0 Å². The molecule has 1 aliphatic rings. The summed E-state index contributed by atoms with van der Waals surface area (Å²) in [7, 11) is 0. The predicted octanol–water partition coefficient (Wildman–Crippen LogP) is 2.58. The van der Waals surface area contributed by atoms with Crippen LogP contribution in [0, 0.1) is 6.92 Å². The van der Waals surface area contributed by atoms with Crippen LogP contribution in [0.3, 0.4) is 0 Å². The second-order valence-electron chi connectivity index (χ2n) is 5.14. The van der Waals surface area contributed by atoms with Crippen LogP contribution in [0.1, 0.15) is 41.5 Å². The SMILES string of the molecule is Cc1ncc2c(n1)CCCC2NC(=O)Cc1ccsc1. The largest absolute Gasteiger partial charge is 0.349 e. The van der Waals surface area contributed by atoms with Crippen molar-refractivity contribution in [1.29, 1.82) is 0 Å². The zero-order valence-electron chi connectivity index (χ0n) is 11.4. The number of fused-ring (bicyclic) bond motifs is 1. The minimum Gasteiger partial charge on any atom is -0.349 e. The Morgan fingerprint density at radius 2 is 2.45 bits per heavy atom. The molecule has 3 rings (SSSR count). The van der Waals surface area contributed by atoms with Gasteiger partial charge < -0.3 is 5.32 Å². The molecule has 20 heavy (non-hydrogen) atoms. The van der Waals surface area contributed by atoms with Crippen molar-refractivity contribution in [1.82, 2.24) is 15.3 Å². The van der Waals surface area contributed by atoms with Gasteiger partial charge in [-0.2, -0.15) is 11.3 Å². The van der Waals surface area contributed by atoms with Gasteiger partial charge in [-0.3, -0.25) is 4.79 Å². The maximum Gasteiger partial charge on any atom is 0.224 e. The van der Waals surface area contributed by atoms with Gasteiger partial charge in [0, 0.05) is 17.5 Å². The monoisotopic (exact) mass is 287 g/mol. The summed E-state index contributed by atoms with van der Waals surface area (Å²) in [4.78, 5) is 20.9. The van der Waals surface area contributed by atoms with Crippen LogP contribution in [0.15, 0.2) is 23.0 Å². The molecule has 0 aromatic carbocycles. The van der Waals surface area contributed by atoms with Gasteiger partial charge in [0.15, 0.2) is 0 Å². The van der Waals surface area contributed by atoms with Crippen molar-refractivity contribution in [3.63, 3.8) is 0 Å². The number of hydrogen-bond donors (Lipinski definition) is 1. The average Bonchev–Trinajstić information content (AvgIpc) is 2.91. The molecule has 2 aromatic rings. The Morgan fingerprint density at radius 1 is 1.55 bits per heavy atom. The second kappa shape index (κ2) is 5.71. The summed E-state index contributed by atoms with van der Waals surface area (Å²) in [6, 6.07) is 2.05. The van der Waals surface area contributed by atoms with E-state index >= 15 is 0 Å². The van der Waals surface area contributed by atoms with E-state index in [4.69, 9.17) is 0 Å². The number of rotatable bonds is 3. The lowest BCUT2D eigenvalue weighted by Gasteiger charge is -2.25. The minimum absolute atomic E-state index is 0.0606. The van der Waals surface area contributed by atoms with Crippen molar-refractivity contribution in [3.8, 4) is 0 Å². The Balaban J connectivity index is 1.71. The van der Waals surface area contributed by atoms with Gasteiger partial charge in [-0.15, -0.1) is 0 Å². The standard InChI is InChI=1S/C15H17N3OS/c1-10-16-8-12-13(17-10)3-2-4-14(12)18-15(19)7-11-5-6-20-9-11/h5-6,8-9,14H,2-4,7H2,1H3,(H,18,19). The highest BCUT2D eigenvalue weighted by molar-refractivity contribution is 7.07. The molecule has 2 aromatic heterocycles. The molecule has 0 aliphatic heterocycles. The van der Waals surface area contributed by atoms with Crippen LogP contribution in [0.4, 0.5) is 0 Å². The van der Waals surface area contributed by atoms with Crippen LogP contribution in [0.25, 0.3) is 0 Å². The normalized spacial score (nSPS) is 17.6. The Labute approximate surface area is 122 Å². The molecule has 0 radical (unpaired) electrons. The first-order valence-electron chi connectivity index (χ1n) is 6.85. The fraction of sp³-hybridized carbons (Fsp3) is 0.400. The molecule has 0 saturated heterocycles. The maximum atomic E-state index is 12.1. The fourth-order valence-corrected chi connectivity index (χ4v) is 3.29. The van der Waals surface area contributed by atoms with Crippen LogP contribution in [0.2, 0.25) is 0 Å². The quantitative estimate of drug-likeness (QED) is 0.944. The first-order valence-corrected chi connectivity index (χ1v) is 7.79. The third kappa shape index (κ3) is 2.88. The molecule has 5 heteroatoms. The first kappa shape index (κ1) is 13.2. The van der Waals surface area contributed by atoms with E-state index in [1.54, 1.807) is 11.3 Å². The number of hydrogen-bond acceptors (Lipinski definition) is 4. The Bertz CT molecular complexity index is 610. The molecule has 1 atom stereocenters. The van der Waals surface area contributed by atoms with E-state index < -0.39 is 0 Å². The number of aryl methyl sites for hydroxylation is 2. The zero-order chi connectivity index (χ0) is 13.9. The third-order valence-electron chi connectivity index (χ3n) is 3.58. The number of carbonyl (C=O) groups is 1. The van der Waals surface area contributed by atoms with E-state index in [0.29, 0.717) is 6.42 Å². The number of aromatic nitrogens is 2. The van der Waals surface area contributed by atoms with Gasteiger partial charge in [-0.05, 0) is 48.6 Å². The minimum atomic E-state index is 0.0606. The van der Waals surface area contributed by atoms with E-state index in [2.05, 4.69) is 15.3 Å². The number of nitrogens with zero attached hydrogens (tertiary/aromatic N) is 2. The van der Waals surface area contributed by atoms with E-state index in [-0.39, 0.29) is 11.9 Å². The van der Waals surface area contributed by atoms with Gasteiger partial charge in [0.1, 0.15) is 5.82 Å². The highest BCUT2D eigenvalue weighted by Crippen LogP contribution is 2.28. The van der Waals surface area contributed by atoms with Crippen LogP contribution < -0.4 is 5.32 Å². The number of carbonyl (C=O) groups excluding carboxylic acids is 1. The fourth-order valence-electron chi connectivity index (χ4n) is 2.62. The van der Waals surface area contributed by atoms with E-state index in [9.17, 15) is 4.79 Å². The molecule has 104 valence electrons. The van der Waals surface area contributed by atoms with Crippen molar-refractivity contribution < 1.29 is 4.79 Å². The van der Waals surface area contributed by atoms with Gasteiger partial charge in [-0.25, -0.2) is 9.97 Å². The van der Waals surface area contributed by atoms with Crippen LogP contribution in [-0.4, -0.2) is 15.9 Å². The summed E-state index contributed by atoms with van der Waals surface area (Å²) in [5.74, 6) is 0.871. The number of thiophene rings is 1. The molecular weight excluding hydrogens is 270 g/mol. The van der Waals surface area contributed by atoms with Gasteiger partial charge in [0.05, 0.1) is 12.5 Å². The number of amides is 1. The summed E-state index contributed by atoms with van der Waals surface area (Å²) in [5.41, 5.74) is 3.24. The zero-order valence-corrected chi connectivity index (χ0v) is 12.2. The van der Waals surface area contributed by atoms with E-state index in [1.807, 2.05) is 29.9 Å². The molecule has 0 spiro atoms. The molecule has 2 heterocycles. The summed E-state index contributed by atoms with van der Waals surface area (Å²) in [6.07, 6.45) is 5.33. The molecule has 0 bridgehead atoms. The predicted molar refractivity (Wildman–Crippen MR) is 78.6 cm³/mol. The van der Waals surface area contributed by atoms with Crippen molar-refractivity contribution in [2.75, 3.05) is 0 Å². The molecular formula is C15H17N3OS. The summed E-state index contributed by atoms with van der Waals surface area (Å²) >= 11 is 1.62. The highest BCUT2D eigenvalue weighted by Gasteiger charge is 2.23. The van der Waals surface area contributed by atoms with Gasteiger partial charge in [0.2, 0.25) is 5.91 Å². The summed E-state index contributed by atoms with van der Waals surface area (Å²) in [6.45, 7) is 1.90. The summed E-state index contributed by atoms with van der Waals surface area (Å²) in [5, 5.41) is 7.13. The van der Waals surface area contributed by atoms with Crippen molar-refractivity contribution >= 4 is 17.2 Å². The smallest absolute Gasteiger partial charge is 0.224 e. The lowest BCUT2D eigenvalue weighted by atomic mass is 9.92. The molecule has 1 unspecified atom stereocenters. The molecule has 1 aliphatic carbocycles. The highest BCUT2D eigenvalue weighted by atomic mass is 32.1. The van der Waals surface area contributed by atoms with E-state index in [1.165, 1.54) is 0 Å². The molecule has 4 nitrogen and oxygen atoms in total. The van der Waals surface area contributed by atoms with Crippen molar-refractivity contribution in [2.45, 2.75) is 38.6 Å². The summed E-state index contributed by atoms with van der Waals surface area (Å²) < 4.78 is 0. The van der Waals surface area contributed by atoms with Gasteiger partial charge in [-0.1, -0.05) is 0 Å². The molecule has 1 amide bonds. The molecule has 1 N–H and O–H groups in total. The van der Waals surface area contributed by atoms with Crippen molar-refractivity contribution in [2.24, 2.45) is 0 Å². The molecule has 0 saturated carbocycles. The Kier molecular flexibility index (Phi) is 3.78. The Morgan fingerprint density at radius 3 is 3.25 bits per heavy atom. The van der Waals surface area contributed by atoms with Crippen LogP contribution in [-0.2, 0) is 17.6 Å². The lowest BCUT2D eigenvalue weighted by Crippen LogP contribution is -2.32. The van der Waals surface area contributed by atoms with E-state index in [0.717, 1.165) is 41.9 Å². The second-order valence-corrected chi connectivity index (χ2v) is 5.92. The number of nitrogens with one attached hydrogen (secondary N) is 1. The maximum absolute atomic E-state index is 12.1. The molecule has 0 fully saturated rings. The average molecular weight is 287 g/mol. The lowest BCUT2D eigenvalue weighted by molar-refractivity contribution is -0.121.